The third kappa shape index (κ3) is 2.85. The molecule has 2 aromatic carbocycles. The van der Waals surface area contributed by atoms with Crippen LogP contribution < -0.4 is 14.8 Å². The van der Waals surface area contributed by atoms with Crippen molar-refractivity contribution in [2.75, 3.05) is 6.79 Å². The maximum absolute atomic E-state index is 13.4. The summed E-state index contributed by atoms with van der Waals surface area (Å²) in [7, 11) is 0. The van der Waals surface area contributed by atoms with Crippen molar-refractivity contribution in [3.8, 4) is 11.5 Å². The molecule has 26 heavy (non-hydrogen) atoms. The fourth-order valence-corrected chi connectivity index (χ4v) is 3.29. The maximum Gasteiger partial charge on any atom is 0.325 e. The van der Waals surface area contributed by atoms with Crippen molar-refractivity contribution in [2.24, 2.45) is 0 Å². The first-order chi connectivity index (χ1) is 12.4. The molecule has 1 saturated heterocycles. The Hall–Kier alpha value is -3.09. The van der Waals surface area contributed by atoms with Crippen molar-refractivity contribution >= 4 is 11.9 Å². The summed E-state index contributed by atoms with van der Waals surface area (Å²) in [6.07, 6.45) is 0.313. The molecule has 2 heterocycles. The second-order valence-corrected chi connectivity index (χ2v) is 6.65. The molecule has 7 heteroatoms. The summed E-state index contributed by atoms with van der Waals surface area (Å²) >= 11 is 0. The average molecular weight is 356 g/mol. The van der Waals surface area contributed by atoms with Gasteiger partial charge in [0.2, 0.25) is 6.79 Å². The minimum atomic E-state index is -1.07. The van der Waals surface area contributed by atoms with Gasteiger partial charge in [0, 0.05) is 6.42 Å². The summed E-state index contributed by atoms with van der Waals surface area (Å²) in [5.74, 6) is 0.537. The molecule has 0 unspecified atom stereocenters. The lowest BCUT2D eigenvalue weighted by Gasteiger charge is -2.22. The molecule has 6 nitrogen and oxygen atoms in total. The third-order valence-electron chi connectivity index (χ3n) is 4.57. The number of carbonyl (C=O) groups is 2. The number of halogens is 1. The zero-order chi connectivity index (χ0) is 18.3. The summed E-state index contributed by atoms with van der Waals surface area (Å²) in [4.78, 5) is 26.3. The zero-order valence-corrected chi connectivity index (χ0v) is 14.1. The fraction of sp³-hybridized carbons (Fsp3) is 0.263. The second kappa shape index (κ2) is 6.01. The van der Waals surface area contributed by atoms with Crippen LogP contribution in [-0.2, 0) is 17.8 Å². The summed E-state index contributed by atoms with van der Waals surface area (Å²) < 4.78 is 24.0. The molecule has 4 rings (SSSR count). The van der Waals surface area contributed by atoms with E-state index in [9.17, 15) is 14.0 Å². The standard InChI is InChI=1S/C19H17FN2O4/c1-19(9-12-5-6-15-16(8-12)26-11-25-15)17(23)22(18(24)21-19)10-13-3-2-4-14(20)7-13/h2-8H,9-11H2,1H3,(H,21,24)/t19-/m1/s1. The van der Waals surface area contributed by atoms with E-state index < -0.39 is 17.4 Å². The summed E-state index contributed by atoms with van der Waals surface area (Å²) in [5, 5.41) is 2.75. The Bertz CT molecular complexity index is 901. The molecule has 0 aromatic heterocycles. The van der Waals surface area contributed by atoms with Gasteiger partial charge in [0.05, 0.1) is 6.54 Å². The molecule has 0 saturated carbocycles. The summed E-state index contributed by atoms with van der Waals surface area (Å²) in [5.41, 5.74) is 0.330. The lowest BCUT2D eigenvalue weighted by atomic mass is 9.92. The van der Waals surface area contributed by atoms with Crippen LogP contribution in [-0.4, -0.2) is 29.2 Å². The number of hydrogen-bond acceptors (Lipinski definition) is 4. The highest BCUT2D eigenvalue weighted by Gasteiger charge is 2.47. The van der Waals surface area contributed by atoms with Crippen molar-refractivity contribution in [2.45, 2.75) is 25.4 Å². The van der Waals surface area contributed by atoms with Crippen molar-refractivity contribution in [1.82, 2.24) is 10.2 Å². The Morgan fingerprint density at radius 2 is 1.92 bits per heavy atom. The molecule has 0 aliphatic carbocycles. The predicted octanol–water partition coefficient (Wildman–Crippen LogP) is 2.61. The molecule has 0 spiro atoms. The van der Waals surface area contributed by atoms with Gasteiger partial charge in [0.25, 0.3) is 5.91 Å². The molecule has 0 radical (unpaired) electrons. The molecule has 2 aliphatic heterocycles. The molecular formula is C19H17FN2O4. The molecule has 3 amide bonds. The highest BCUT2D eigenvalue weighted by atomic mass is 19.1. The zero-order valence-electron chi connectivity index (χ0n) is 14.1. The van der Waals surface area contributed by atoms with Crippen molar-refractivity contribution in [3.05, 3.63) is 59.4 Å². The maximum atomic E-state index is 13.4. The summed E-state index contributed by atoms with van der Waals surface area (Å²) in [6.45, 7) is 1.88. The van der Waals surface area contributed by atoms with Crippen LogP contribution in [0.15, 0.2) is 42.5 Å². The largest absolute Gasteiger partial charge is 0.454 e. The van der Waals surface area contributed by atoms with Gasteiger partial charge >= 0.3 is 6.03 Å². The van der Waals surface area contributed by atoms with Crippen molar-refractivity contribution in [1.29, 1.82) is 0 Å². The van der Waals surface area contributed by atoms with Gasteiger partial charge in [0.15, 0.2) is 11.5 Å². The topological polar surface area (TPSA) is 67.9 Å². The van der Waals surface area contributed by atoms with Crippen molar-refractivity contribution in [3.63, 3.8) is 0 Å². The Kier molecular flexibility index (Phi) is 3.79. The first kappa shape index (κ1) is 16.4. The van der Waals surface area contributed by atoms with E-state index in [1.54, 1.807) is 25.1 Å². The van der Waals surface area contributed by atoms with E-state index in [4.69, 9.17) is 9.47 Å². The van der Waals surface area contributed by atoms with E-state index in [1.165, 1.54) is 12.1 Å². The van der Waals surface area contributed by atoms with Crippen molar-refractivity contribution < 1.29 is 23.5 Å². The normalized spacial score (nSPS) is 21.2. The number of amides is 3. The average Bonchev–Trinajstić information content (AvgIpc) is 3.13. The molecule has 134 valence electrons. The van der Waals surface area contributed by atoms with Crippen LogP contribution in [0.25, 0.3) is 0 Å². The van der Waals surface area contributed by atoms with Crippen LogP contribution in [0.2, 0.25) is 0 Å². The minimum absolute atomic E-state index is 0.0269. The van der Waals surface area contributed by atoms with Gasteiger partial charge in [-0.3, -0.25) is 9.69 Å². The molecule has 1 N–H and O–H groups in total. The number of rotatable bonds is 4. The molecule has 1 atom stereocenters. The van der Waals surface area contributed by atoms with Gasteiger partial charge in [0.1, 0.15) is 11.4 Å². The Labute approximate surface area is 149 Å². The third-order valence-corrected chi connectivity index (χ3v) is 4.57. The number of imide groups is 1. The van der Waals surface area contributed by atoms with Gasteiger partial charge in [-0.15, -0.1) is 0 Å². The number of benzene rings is 2. The SMILES string of the molecule is C[C@]1(Cc2ccc3c(c2)OCO3)NC(=O)N(Cc2cccc(F)c2)C1=O. The van der Waals surface area contributed by atoms with Gasteiger partial charge in [-0.2, -0.15) is 0 Å². The monoisotopic (exact) mass is 356 g/mol. The Morgan fingerprint density at radius 1 is 1.12 bits per heavy atom. The van der Waals surface area contributed by atoms with E-state index in [1.807, 2.05) is 12.1 Å². The number of ether oxygens (including phenoxy) is 2. The lowest BCUT2D eigenvalue weighted by molar-refractivity contribution is -0.131. The van der Waals surface area contributed by atoms with Crippen LogP contribution in [0.5, 0.6) is 11.5 Å². The number of nitrogens with one attached hydrogen (secondary N) is 1. The van der Waals surface area contributed by atoms with Crippen LogP contribution in [0.1, 0.15) is 18.1 Å². The van der Waals surface area contributed by atoms with E-state index in [-0.39, 0.29) is 19.2 Å². The summed E-state index contributed by atoms with van der Waals surface area (Å²) in [6, 6.07) is 10.8. The predicted molar refractivity (Wildman–Crippen MR) is 90.2 cm³/mol. The van der Waals surface area contributed by atoms with E-state index in [0.717, 1.165) is 10.5 Å². The number of hydrogen-bond donors (Lipinski definition) is 1. The van der Waals surface area contributed by atoms with Crippen LogP contribution in [0.3, 0.4) is 0 Å². The number of urea groups is 1. The first-order valence-corrected chi connectivity index (χ1v) is 8.22. The Balaban J connectivity index is 1.53. The van der Waals surface area contributed by atoms with Gasteiger partial charge in [-0.25, -0.2) is 9.18 Å². The van der Waals surface area contributed by atoms with Crippen LogP contribution >= 0.6 is 0 Å². The highest BCUT2D eigenvalue weighted by Crippen LogP contribution is 2.34. The van der Waals surface area contributed by atoms with Gasteiger partial charge in [-0.1, -0.05) is 18.2 Å². The fourth-order valence-electron chi connectivity index (χ4n) is 3.29. The molecular weight excluding hydrogens is 339 g/mol. The quantitative estimate of drug-likeness (QED) is 0.855. The van der Waals surface area contributed by atoms with Gasteiger partial charge < -0.3 is 14.8 Å². The smallest absolute Gasteiger partial charge is 0.325 e. The first-order valence-electron chi connectivity index (χ1n) is 8.22. The van der Waals surface area contributed by atoms with Gasteiger partial charge in [-0.05, 0) is 42.3 Å². The second-order valence-electron chi connectivity index (χ2n) is 6.65. The number of fused-ring (bicyclic) bond motifs is 1. The van der Waals surface area contributed by atoms with E-state index >= 15 is 0 Å². The molecule has 0 bridgehead atoms. The molecule has 1 fully saturated rings. The van der Waals surface area contributed by atoms with E-state index in [2.05, 4.69) is 5.32 Å². The number of carbonyl (C=O) groups excluding carboxylic acids is 2. The molecule has 2 aromatic rings. The van der Waals surface area contributed by atoms with Crippen LogP contribution in [0.4, 0.5) is 9.18 Å². The lowest BCUT2D eigenvalue weighted by Crippen LogP contribution is -2.45. The molecule has 2 aliphatic rings. The van der Waals surface area contributed by atoms with Crippen LogP contribution in [0, 0.1) is 5.82 Å². The number of nitrogens with zero attached hydrogens (tertiary/aromatic N) is 1. The Morgan fingerprint density at radius 3 is 2.73 bits per heavy atom. The highest BCUT2D eigenvalue weighted by molar-refractivity contribution is 6.06. The minimum Gasteiger partial charge on any atom is -0.454 e. The van der Waals surface area contributed by atoms with E-state index in [0.29, 0.717) is 23.5 Å².